The van der Waals surface area contributed by atoms with Crippen molar-refractivity contribution in [1.82, 2.24) is 10.2 Å². The second-order valence-electron chi connectivity index (χ2n) is 10.3. The molecule has 10 heteroatoms. The SMILES string of the molecule is CC[C@H](C(=O)NC(C)(C)C)N(Cc1cccc(OC)c1)C(=O)CN(c1cccc(Cl)c1)S(=O)(=O)c1ccccc1. The van der Waals surface area contributed by atoms with Gasteiger partial charge in [0.15, 0.2) is 0 Å². The first-order valence-electron chi connectivity index (χ1n) is 12.9. The zero-order chi connectivity index (χ0) is 29.5. The molecule has 214 valence electrons. The number of nitrogens with one attached hydrogen (secondary N) is 1. The number of halogens is 1. The second-order valence-corrected chi connectivity index (χ2v) is 12.6. The van der Waals surface area contributed by atoms with Crippen molar-refractivity contribution in [3.63, 3.8) is 0 Å². The Morgan fingerprint density at radius 1 is 0.975 bits per heavy atom. The molecule has 0 saturated carbocycles. The van der Waals surface area contributed by atoms with Crippen LogP contribution in [0.2, 0.25) is 5.02 Å². The summed E-state index contributed by atoms with van der Waals surface area (Å²) < 4.78 is 34.0. The lowest BCUT2D eigenvalue weighted by Crippen LogP contribution is -2.55. The molecule has 0 heterocycles. The predicted octanol–water partition coefficient (Wildman–Crippen LogP) is 5.27. The van der Waals surface area contributed by atoms with E-state index >= 15 is 0 Å². The summed E-state index contributed by atoms with van der Waals surface area (Å²) in [6.45, 7) is 6.92. The fourth-order valence-electron chi connectivity index (χ4n) is 4.22. The molecule has 0 fully saturated rings. The van der Waals surface area contributed by atoms with Gasteiger partial charge in [-0.1, -0.05) is 54.9 Å². The van der Waals surface area contributed by atoms with Crippen molar-refractivity contribution in [2.24, 2.45) is 0 Å². The maximum atomic E-state index is 14.1. The predicted molar refractivity (Wildman–Crippen MR) is 158 cm³/mol. The van der Waals surface area contributed by atoms with Gasteiger partial charge in [-0.2, -0.15) is 0 Å². The minimum absolute atomic E-state index is 0.0274. The van der Waals surface area contributed by atoms with Gasteiger partial charge < -0.3 is 15.0 Å². The average molecular weight is 586 g/mol. The highest BCUT2D eigenvalue weighted by atomic mass is 35.5. The number of rotatable bonds is 11. The quantitative estimate of drug-likeness (QED) is 0.331. The van der Waals surface area contributed by atoms with Crippen molar-refractivity contribution in [3.8, 4) is 5.75 Å². The number of hydrogen-bond acceptors (Lipinski definition) is 5. The number of ether oxygens (including phenoxy) is 1. The molecule has 3 aromatic carbocycles. The van der Waals surface area contributed by atoms with Gasteiger partial charge in [-0.25, -0.2) is 8.42 Å². The molecule has 0 saturated heterocycles. The van der Waals surface area contributed by atoms with Gasteiger partial charge in [-0.15, -0.1) is 0 Å². The van der Waals surface area contributed by atoms with Crippen LogP contribution in [-0.4, -0.2) is 50.4 Å². The number of carbonyl (C=O) groups is 2. The van der Waals surface area contributed by atoms with Crippen molar-refractivity contribution < 1.29 is 22.7 Å². The van der Waals surface area contributed by atoms with Gasteiger partial charge in [-0.05, 0) is 75.2 Å². The molecule has 3 rings (SSSR count). The smallest absolute Gasteiger partial charge is 0.264 e. The number of anilines is 1. The van der Waals surface area contributed by atoms with Crippen molar-refractivity contribution in [1.29, 1.82) is 0 Å². The standard InChI is InChI=1S/C30H36ClN3O5S/c1-6-27(29(36)32-30(2,3)4)33(20-22-12-10-15-25(18-22)39-5)28(35)21-34(24-14-11-13-23(31)19-24)40(37,38)26-16-8-7-9-17-26/h7-19,27H,6,20-21H2,1-5H3,(H,32,36)/t27-/m1/s1. The third kappa shape index (κ3) is 7.99. The van der Waals surface area contributed by atoms with Gasteiger partial charge in [0.05, 0.1) is 17.7 Å². The molecule has 1 N–H and O–H groups in total. The van der Waals surface area contributed by atoms with Crippen molar-refractivity contribution in [2.75, 3.05) is 18.0 Å². The summed E-state index contributed by atoms with van der Waals surface area (Å²) in [5.74, 6) is -0.269. The lowest BCUT2D eigenvalue weighted by Gasteiger charge is -2.34. The molecule has 0 unspecified atom stereocenters. The molecule has 0 aliphatic carbocycles. The molecule has 40 heavy (non-hydrogen) atoms. The largest absolute Gasteiger partial charge is 0.497 e. The lowest BCUT2D eigenvalue weighted by atomic mass is 10.1. The third-order valence-electron chi connectivity index (χ3n) is 6.08. The van der Waals surface area contributed by atoms with Crippen LogP contribution in [0.5, 0.6) is 5.75 Å². The van der Waals surface area contributed by atoms with E-state index in [0.717, 1.165) is 9.87 Å². The average Bonchev–Trinajstić information content (AvgIpc) is 2.91. The Bertz CT molecular complexity index is 1420. The molecule has 0 aliphatic rings. The molecule has 0 aromatic heterocycles. The van der Waals surface area contributed by atoms with Crippen LogP contribution in [0.3, 0.4) is 0 Å². The fraction of sp³-hybridized carbons (Fsp3) is 0.333. The number of amides is 2. The maximum Gasteiger partial charge on any atom is 0.264 e. The monoisotopic (exact) mass is 585 g/mol. The van der Waals surface area contributed by atoms with E-state index < -0.39 is 34.1 Å². The number of methoxy groups -OCH3 is 1. The first kappa shape index (κ1) is 31.0. The zero-order valence-corrected chi connectivity index (χ0v) is 25.0. The highest BCUT2D eigenvalue weighted by Crippen LogP contribution is 2.27. The van der Waals surface area contributed by atoms with Crippen LogP contribution in [0, 0.1) is 0 Å². The van der Waals surface area contributed by atoms with Gasteiger partial charge in [0.25, 0.3) is 10.0 Å². The van der Waals surface area contributed by atoms with E-state index in [0.29, 0.717) is 17.2 Å². The van der Waals surface area contributed by atoms with Gasteiger partial charge in [0, 0.05) is 17.1 Å². The molecule has 2 amide bonds. The van der Waals surface area contributed by atoms with Crippen LogP contribution < -0.4 is 14.4 Å². The van der Waals surface area contributed by atoms with E-state index in [1.165, 1.54) is 23.1 Å². The highest BCUT2D eigenvalue weighted by Gasteiger charge is 2.34. The number of benzene rings is 3. The van der Waals surface area contributed by atoms with Gasteiger partial charge in [-0.3, -0.25) is 13.9 Å². The highest BCUT2D eigenvalue weighted by molar-refractivity contribution is 7.92. The van der Waals surface area contributed by atoms with Gasteiger partial charge >= 0.3 is 0 Å². The lowest BCUT2D eigenvalue weighted by molar-refractivity contribution is -0.141. The van der Waals surface area contributed by atoms with Crippen LogP contribution in [0.1, 0.15) is 39.7 Å². The van der Waals surface area contributed by atoms with Gasteiger partial charge in [0.1, 0.15) is 18.3 Å². The Balaban J connectivity index is 2.07. The Kier molecular flexibility index (Phi) is 10.2. The van der Waals surface area contributed by atoms with Crippen LogP contribution in [0.25, 0.3) is 0 Å². The van der Waals surface area contributed by atoms with Crippen molar-refractivity contribution in [2.45, 2.75) is 57.1 Å². The summed E-state index contributed by atoms with van der Waals surface area (Å²) in [6, 6.07) is 20.5. The molecule has 3 aromatic rings. The van der Waals surface area contributed by atoms with Crippen LogP contribution in [-0.2, 0) is 26.2 Å². The normalized spacial score (nSPS) is 12.3. The van der Waals surface area contributed by atoms with Crippen LogP contribution in [0.15, 0.2) is 83.8 Å². The Morgan fingerprint density at radius 3 is 2.25 bits per heavy atom. The van der Waals surface area contributed by atoms with E-state index in [9.17, 15) is 18.0 Å². The van der Waals surface area contributed by atoms with Crippen molar-refractivity contribution >= 4 is 39.1 Å². The summed E-state index contributed by atoms with van der Waals surface area (Å²) >= 11 is 6.21. The van der Waals surface area contributed by atoms with Crippen LogP contribution >= 0.6 is 11.6 Å². The van der Waals surface area contributed by atoms with E-state index in [-0.39, 0.29) is 23.0 Å². The molecular weight excluding hydrogens is 550 g/mol. The second kappa shape index (κ2) is 13.2. The fourth-order valence-corrected chi connectivity index (χ4v) is 5.83. The topological polar surface area (TPSA) is 96.0 Å². The number of hydrogen-bond donors (Lipinski definition) is 1. The van der Waals surface area contributed by atoms with E-state index in [4.69, 9.17) is 16.3 Å². The molecular formula is C30H36ClN3O5S. The number of carbonyl (C=O) groups excluding carboxylic acids is 2. The number of sulfonamides is 1. The Morgan fingerprint density at radius 2 is 1.65 bits per heavy atom. The van der Waals surface area contributed by atoms with Crippen molar-refractivity contribution in [3.05, 3.63) is 89.4 Å². The summed E-state index contributed by atoms with van der Waals surface area (Å²) in [6.07, 6.45) is 0.320. The van der Waals surface area contributed by atoms with E-state index in [2.05, 4.69) is 5.32 Å². The van der Waals surface area contributed by atoms with E-state index in [1.54, 1.807) is 61.7 Å². The summed E-state index contributed by atoms with van der Waals surface area (Å²) in [4.78, 5) is 28.9. The van der Waals surface area contributed by atoms with E-state index in [1.807, 2.05) is 33.8 Å². The molecule has 0 radical (unpaired) electrons. The zero-order valence-electron chi connectivity index (χ0n) is 23.4. The maximum absolute atomic E-state index is 14.1. The van der Waals surface area contributed by atoms with Crippen LogP contribution in [0.4, 0.5) is 5.69 Å². The first-order chi connectivity index (χ1) is 18.9. The number of nitrogens with zero attached hydrogens (tertiary/aromatic N) is 2. The summed E-state index contributed by atoms with van der Waals surface area (Å²) in [7, 11) is -2.61. The summed E-state index contributed by atoms with van der Waals surface area (Å²) in [5.41, 5.74) is 0.437. The minimum Gasteiger partial charge on any atom is -0.497 e. The molecule has 0 spiro atoms. The molecule has 1 atom stereocenters. The minimum atomic E-state index is -4.16. The molecule has 0 bridgehead atoms. The summed E-state index contributed by atoms with van der Waals surface area (Å²) in [5, 5.41) is 3.28. The van der Waals surface area contributed by atoms with Gasteiger partial charge in [0.2, 0.25) is 11.8 Å². The molecule has 8 nitrogen and oxygen atoms in total. The third-order valence-corrected chi connectivity index (χ3v) is 8.10. The Labute approximate surface area is 241 Å². The Hall–Kier alpha value is -3.56. The molecule has 0 aliphatic heterocycles. The first-order valence-corrected chi connectivity index (χ1v) is 14.8.